The van der Waals surface area contributed by atoms with Gasteiger partial charge in [-0.3, -0.25) is 9.59 Å². The van der Waals surface area contributed by atoms with Crippen LogP contribution >= 0.6 is 0 Å². The van der Waals surface area contributed by atoms with E-state index in [0.29, 0.717) is 18.5 Å². The quantitative estimate of drug-likeness (QED) is 0.578. The van der Waals surface area contributed by atoms with E-state index in [1.165, 1.54) is 0 Å². The number of carbonyl (C=O) groups is 2. The lowest BCUT2D eigenvalue weighted by molar-refractivity contribution is -0.122. The van der Waals surface area contributed by atoms with Crippen LogP contribution in [-0.2, 0) is 17.8 Å². The minimum atomic E-state index is -0.0742. The Morgan fingerprint density at radius 3 is 2.52 bits per heavy atom. The summed E-state index contributed by atoms with van der Waals surface area (Å²) in [4.78, 5) is 29.2. The Kier molecular flexibility index (Phi) is 6.65. The van der Waals surface area contributed by atoms with Crippen molar-refractivity contribution in [2.45, 2.75) is 46.2 Å². The van der Waals surface area contributed by atoms with E-state index in [1.807, 2.05) is 73.9 Å². The lowest BCUT2D eigenvalue weighted by Gasteiger charge is -2.12. The number of imidazole rings is 1. The number of hydrogen-bond donors (Lipinski definition) is 2. The molecule has 6 nitrogen and oxygen atoms in total. The van der Waals surface area contributed by atoms with Gasteiger partial charge in [0.05, 0.1) is 11.0 Å². The molecule has 2 aromatic carbocycles. The van der Waals surface area contributed by atoms with Crippen molar-refractivity contribution in [2.24, 2.45) is 0 Å². The second-order valence-electron chi connectivity index (χ2n) is 7.55. The molecule has 0 aliphatic heterocycles. The standard InChI is InChI=1S/C23H28N4O2/c1-16(2)25-22(28)15-27-20-8-5-4-7-19(20)26-21(27)9-6-14-24-23(29)18-12-10-17(3)11-13-18/h4-5,7-8,10-13,16H,6,9,14-15H2,1-3H3,(H,24,29)(H,25,28). The van der Waals surface area contributed by atoms with E-state index in [1.54, 1.807) is 0 Å². The summed E-state index contributed by atoms with van der Waals surface area (Å²) in [6.45, 7) is 6.68. The minimum Gasteiger partial charge on any atom is -0.352 e. The van der Waals surface area contributed by atoms with Gasteiger partial charge in [-0.1, -0.05) is 29.8 Å². The Morgan fingerprint density at radius 1 is 1.07 bits per heavy atom. The van der Waals surface area contributed by atoms with Crippen LogP contribution in [0, 0.1) is 6.92 Å². The fourth-order valence-electron chi connectivity index (χ4n) is 3.26. The molecule has 6 heteroatoms. The molecule has 0 radical (unpaired) electrons. The fraction of sp³-hybridized carbons (Fsp3) is 0.348. The highest BCUT2D eigenvalue weighted by atomic mass is 16.2. The summed E-state index contributed by atoms with van der Waals surface area (Å²) in [6, 6.07) is 15.4. The first kappa shape index (κ1) is 20.6. The first-order valence-corrected chi connectivity index (χ1v) is 10.0. The molecule has 0 atom stereocenters. The van der Waals surface area contributed by atoms with Crippen molar-refractivity contribution in [1.29, 1.82) is 0 Å². The maximum absolute atomic E-state index is 12.3. The van der Waals surface area contributed by atoms with E-state index in [-0.39, 0.29) is 24.4 Å². The van der Waals surface area contributed by atoms with Crippen molar-refractivity contribution >= 4 is 22.8 Å². The first-order chi connectivity index (χ1) is 13.9. The van der Waals surface area contributed by atoms with Crippen LogP contribution in [0.4, 0.5) is 0 Å². The van der Waals surface area contributed by atoms with Gasteiger partial charge < -0.3 is 15.2 Å². The summed E-state index contributed by atoms with van der Waals surface area (Å²) in [5.41, 5.74) is 3.61. The van der Waals surface area contributed by atoms with Crippen molar-refractivity contribution in [2.75, 3.05) is 6.54 Å². The molecule has 1 aromatic heterocycles. The van der Waals surface area contributed by atoms with Crippen LogP contribution in [0.25, 0.3) is 11.0 Å². The van der Waals surface area contributed by atoms with Gasteiger partial charge in [0.2, 0.25) is 5.91 Å². The van der Waals surface area contributed by atoms with Crippen LogP contribution in [-0.4, -0.2) is 34.0 Å². The SMILES string of the molecule is Cc1ccc(C(=O)NCCCc2nc3ccccc3n2CC(=O)NC(C)C)cc1. The molecule has 2 amide bonds. The number of nitrogens with zero attached hydrogens (tertiary/aromatic N) is 2. The van der Waals surface area contributed by atoms with Gasteiger partial charge in [0.1, 0.15) is 12.4 Å². The number of fused-ring (bicyclic) bond motifs is 1. The van der Waals surface area contributed by atoms with Crippen molar-refractivity contribution in [3.63, 3.8) is 0 Å². The smallest absolute Gasteiger partial charge is 0.251 e. The number of rotatable bonds is 8. The first-order valence-electron chi connectivity index (χ1n) is 10.0. The highest BCUT2D eigenvalue weighted by Crippen LogP contribution is 2.17. The average Bonchev–Trinajstić information content (AvgIpc) is 3.02. The van der Waals surface area contributed by atoms with Gasteiger partial charge in [-0.15, -0.1) is 0 Å². The molecule has 0 aliphatic carbocycles. The van der Waals surface area contributed by atoms with Crippen LogP contribution in [0.15, 0.2) is 48.5 Å². The third-order valence-electron chi connectivity index (χ3n) is 4.66. The number of amides is 2. The summed E-state index contributed by atoms with van der Waals surface area (Å²) in [5.74, 6) is 0.751. The Hall–Kier alpha value is -3.15. The molecule has 0 spiro atoms. The molecule has 0 saturated heterocycles. The zero-order chi connectivity index (χ0) is 20.8. The molecule has 3 aromatic rings. The largest absolute Gasteiger partial charge is 0.352 e. The van der Waals surface area contributed by atoms with Crippen LogP contribution in [0.3, 0.4) is 0 Å². The molecule has 3 rings (SSSR count). The summed E-state index contributed by atoms with van der Waals surface area (Å²) in [6.07, 6.45) is 1.42. The van der Waals surface area contributed by atoms with Gasteiger partial charge in [-0.2, -0.15) is 0 Å². The second kappa shape index (κ2) is 9.37. The van der Waals surface area contributed by atoms with Gasteiger partial charge in [-0.05, 0) is 51.5 Å². The minimum absolute atomic E-state index is 0.0305. The summed E-state index contributed by atoms with van der Waals surface area (Å²) in [5, 5.41) is 5.89. The lowest BCUT2D eigenvalue weighted by atomic mass is 10.1. The Morgan fingerprint density at radius 2 is 1.79 bits per heavy atom. The van der Waals surface area contributed by atoms with Crippen molar-refractivity contribution in [3.05, 3.63) is 65.5 Å². The number of para-hydroxylation sites is 2. The zero-order valence-electron chi connectivity index (χ0n) is 17.2. The molecular weight excluding hydrogens is 364 g/mol. The molecule has 0 unspecified atom stereocenters. The third kappa shape index (κ3) is 5.44. The van der Waals surface area contributed by atoms with Crippen LogP contribution in [0.1, 0.15) is 42.0 Å². The maximum Gasteiger partial charge on any atom is 0.251 e. The normalized spacial score (nSPS) is 11.0. The number of aromatic nitrogens is 2. The van der Waals surface area contributed by atoms with E-state index in [0.717, 1.165) is 28.8 Å². The fourth-order valence-corrected chi connectivity index (χ4v) is 3.26. The monoisotopic (exact) mass is 392 g/mol. The summed E-state index contributed by atoms with van der Waals surface area (Å²) in [7, 11) is 0. The Labute approximate surface area is 171 Å². The molecule has 152 valence electrons. The molecule has 0 saturated carbocycles. The molecule has 0 bridgehead atoms. The number of aryl methyl sites for hydroxylation is 2. The average molecular weight is 393 g/mol. The van der Waals surface area contributed by atoms with Gasteiger partial charge in [0, 0.05) is 24.6 Å². The predicted octanol–water partition coefficient (Wildman–Crippen LogP) is 3.23. The summed E-state index contributed by atoms with van der Waals surface area (Å²) < 4.78 is 1.97. The predicted molar refractivity (Wildman–Crippen MR) is 115 cm³/mol. The van der Waals surface area contributed by atoms with Crippen LogP contribution in [0.2, 0.25) is 0 Å². The molecule has 1 heterocycles. The van der Waals surface area contributed by atoms with Crippen molar-refractivity contribution < 1.29 is 9.59 Å². The zero-order valence-corrected chi connectivity index (χ0v) is 17.2. The molecule has 0 fully saturated rings. The topological polar surface area (TPSA) is 76.0 Å². The molecular formula is C23H28N4O2. The van der Waals surface area contributed by atoms with Crippen LogP contribution in [0.5, 0.6) is 0 Å². The highest BCUT2D eigenvalue weighted by molar-refractivity contribution is 5.94. The van der Waals surface area contributed by atoms with E-state index >= 15 is 0 Å². The van der Waals surface area contributed by atoms with Gasteiger partial charge >= 0.3 is 0 Å². The van der Waals surface area contributed by atoms with E-state index < -0.39 is 0 Å². The van der Waals surface area contributed by atoms with E-state index in [4.69, 9.17) is 4.98 Å². The Bertz CT molecular complexity index is 990. The van der Waals surface area contributed by atoms with Gasteiger partial charge in [0.15, 0.2) is 0 Å². The van der Waals surface area contributed by atoms with E-state index in [2.05, 4.69) is 10.6 Å². The molecule has 2 N–H and O–H groups in total. The maximum atomic E-state index is 12.3. The van der Waals surface area contributed by atoms with E-state index in [9.17, 15) is 9.59 Å². The number of benzene rings is 2. The van der Waals surface area contributed by atoms with Gasteiger partial charge in [0.25, 0.3) is 5.91 Å². The summed E-state index contributed by atoms with van der Waals surface area (Å²) >= 11 is 0. The van der Waals surface area contributed by atoms with Crippen LogP contribution < -0.4 is 10.6 Å². The van der Waals surface area contributed by atoms with Gasteiger partial charge in [-0.25, -0.2) is 4.98 Å². The van der Waals surface area contributed by atoms with Crippen molar-refractivity contribution in [1.82, 2.24) is 20.2 Å². The van der Waals surface area contributed by atoms with Crippen molar-refractivity contribution in [3.8, 4) is 0 Å². The number of hydrogen-bond acceptors (Lipinski definition) is 3. The highest BCUT2D eigenvalue weighted by Gasteiger charge is 2.14. The molecule has 29 heavy (non-hydrogen) atoms. The second-order valence-corrected chi connectivity index (χ2v) is 7.55. The number of nitrogens with one attached hydrogen (secondary N) is 2. The lowest BCUT2D eigenvalue weighted by Crippen LogP contribution is -2.33. The number of carbonyl (C=O) groups excluding carboxylic acids is 2. The molecule has 0 aliphatic rings. The third-order valence-corrected chi connectivity index (χ3v) is 4.66. The Balaban J connectivity index is 1.63.